The average Bonchev–Trinajstić information content (AvgIpc) is 2.82. The first-order valence-corrected chi connectivity index (χ1v) is 8.09. The molecule has 0 spiro atoms. The Hall–Kier alpha value is -1.76. The lowest BCUT2D eigenvalue weighted by atomic mass is 9.65. The Morgan fingerprint density at radius 3 is 2.76 bits per heavy atom. The van der Waals surface area contributed by atoms with Gasteiger partial charge >= 0.3 is 0 Å². The van der Waals surface area contributed by atoms with E-state index in [1.807, 2.05) is 0 Å². The highest BCUT2D eigenvalue weighted by Gasteiger charge is 2.48. The van der Waals surface area contributed by atoms with Crippen LogP contribution in [0.1, 0.15) is 50.2 Å². The van der Waals surface area contributed by atoms with Crippen LogP contribution in [-0.2, 0) is 0 Å². The van der Waals surface area contributed by atoms with Gasteiger partial charge in [0.15, 0.2) is 0 Å². The summed E-state index contributed by atoms with van der Waals surface area (Å²) in [7, 11) is 0. The standard InChI is InChI=1S/C20H22O/c1-3-14-9-11-17-16-10-8-13-6-4-5-7-15(13)19(16)18(21)12-20(14,17)2/h4-8,10,12,14,17,21H,3,9,11H2,1-2H3/t14-,17-,20+/m0/s1. The molecule has 1 fully saturated rings. The fourth-order valence-electron chi connectivity index (χ4n) is 4.86. The van der Waals surface area contributed by atoms with E-state index in [0.717, 1.165) is 5.56 Å². The molecule has 1 N–H and O–H groups in total. The van der Waals surface area contributed by atoms with Crippen molar-refractivity contribution in [3.63, 3.8) is 0 Å². The Bertz CT molecular complexity index is 743. The Balaban J connectivity index is 2.00. The zero-order chi connectivity index (χ0) is 14.6. The van der Waals surface area contributed by atoms with Crippen LogP contribution >= 0.6 is 0 Å². The third-order valence-electron chi connectivity index (χ3n) is 5.97. The maximum atomic E-state index is 10.7. The number of aliphatic hydroxyl groups excluding tert-OH is 1. The van der Waals surface area contributed by atoms with Gasteiger partial charge in [0.25, 0.3) is 0 Å². The third-order valence-corrected chi connectivity index (χ3v) is 5.97. The summed E-state index contributed by atoms with van der Waals surface area (Å²) in [6.45, 7) is 4.62. The number of benzene rings is 2. The van der Waals surface area contributed by atoms with Crippen molar-refractivity contribution < 1.29 is 5.11 Å². The molecule has 2 aliphatic rings. The summed E-state index contributed by atoms with van der Waals surface area (Å²) >= 11 is 0. The summed E-state index contributed by atoms with van der Waals surface area (Å²) < 4.78 is 0. The number of hydrogen-bond donors (Lipinski definition) is 1. The van der Waals surface area contributed by atoms with Crippen LogP contribution in [0.5, 0.6) is 0 Å². The highest BCUT2D eigenvalue weighted by molar-refractivity contribution is 5.94. The minimum Gasteiger partial charge on any atom is -0.508 e. The van der Waals surface area contributed by atoms with Crippen LogP contribution < -0.4 is 0 Å². The largest absolute Gasteiger partial charge is 0.508 e. The van der Waals surface area contributed by atoms with Crippen LogP contribution in [0.25, 0.3) is 16.5 Å². The zero-order valence-electron chi connectivity index (χ0n) is 12.8. The molecule has 4 rings (SSSR count). The quantitative estimate of drug-likeness (QED) is 0.713. The molecule has 0 unspecified atom stereocenters. The van der Waals surface area contributed by atoms with Crippen LogP contribution in [0.15, 0.2) is 42.5 Å². The van der Waals surface area contributed by atoms with Gasteiger partial charge in [-0.2, -0.15) is 0 Å². The van der Waals surface area contributed by atoms with Gasteiger partial charge in [-0.1, -0.05) is 56.7 Å². The summed E-state index contributed by atoms with van der Waals surface area (Å²) in [4.78, 5) is 0. The van der Waals surface area contributed by atoms with Crippen molar-refractivity contribution in [1.82, 2.24) is 0 Å². The molecule has 3 atom stereocenters. The molecule has 1 heteroatoms. The fourth-order valence-corrected chi connectivity index (χ4v) is 4.86. The first-order valence-electron chi connectivity index (χ1n) is 8.09. The van der Waals surface area contributed by atoms with E-state index in [1.54, 1.807) is 0 Å². The Morgan fingerprint density at radius 1 is 1.14 bits per heavy atom. The Kier molecular flexibility index (Phi) is 2.69. The molecule has 0 saturated heterocycles. The highest BCUT2D eigenvalue weighted by atomic mass is 16.3. The molecule has 108 valence electrons. The van der Waals surface area contributed by atoms with E-state index < -0.39 is 0 Å². The predicted octanol–water partition coefficient (Wildman–Crippen LogP) is 5.66. The monoisotopic (exact) mass is 278 g/mol. The van der Waals surface area contributed by atoms with E-state index in [1.165, 1.54) is 35.6 Å². The summed E-state index contributed by atoms with van der Waals surface area (Å²) in [5, 5.41) is 13.1. The van der Waals surface area contributed by atoms with Crippen LogP contribution in [-0.4, -0.2) is 5.11 Å². The number of hydrogen-bond acceptors (Lipinski definition) is 1. The van der Waals surface area contributed by atoms with Crippen molar-refractivity contribution in [2.24, 2.45) is 11.3 Å². The maximum absolute atomic E-state index is 10.7. The number of aliphatic hydroxyl groups is 1. The van der Waals surface area contributed by atoms with E-state index in [4.69, 9.17) is 0 Å². The van der Waals surface area contributed by atoms with Crippen molar-refractivity contribution in [3.05, 3.63) is 53.6 Å². The molecule has 0 aliphatic heterocycles. The first-order chi connectivity index (χ1) is 10.1. The van der Waals surface area contributed by atoms with E-state index >= 15 is 0 Å². The van der Waals surface area contributed by atoms with Gasteiger partial charge in [0, 0.05) is 5.56 Å². The van der Waals surface area contributed by atoms with Gasteiger partial charge in [0.2, 0.25) is 0 Å². The van der Waals surface area contributed by atoms with E-state index in [9.17, 15) is 5.11 Å². The minimum atomic E-state index is 0.119. The summed E-state index contributed by atoms with van der Waals surface area (Å²) in [6.07, 6.45) is 5.87. The molecule has 2 aromatic rings. The normalized spacial score (nSPS) is 30.9. The minimum absolute atomic E-state index is 0.119. The summed E-state index contributed by atoms with van der Waals surface area (Å²) in [5.74, 6) is 1.73. The zero-order valence-corrected chi connectivity index (χ0v) is 12.8. The summed E-state index contributed by atoms with van der Waals surface area (Å²) in [6, 6.07) is 12.8. The van der Waals surface area contributed by atoms with Gasteiger partial charge in [-0.25, -0.2) is 0 Å². The van der Waals surface area contributed by atoms with E-state index in [-0.39, 0.29) is 5.41 Å². The SMILES string of the molecule is CC[C@H]1CC[C@H]2c3ccc4ccccc4c3C(O)=C[C@]12C. The van der Waals surface area contributed by atoms with E-state index in [0.29, 0.717) is 17.6 Å². The van der Waals surface area contributed by atoms with Crippen molar-refractivity contribution in [3.8, 4) is 0 Å². The molecule has 0 amide bonds. The van der Waals surface area contributed by atoms with Gasteiger partial charge in [0.1, 0.15) is 5.76 Å². The lowest BCUT2D eigenvalue weighted by molar-refractivity contribution is 0.261. The molecule has 1 nitrogen and oxygen atoms in total. The smallest absolute Gasteiger partial charge is 0.120 e. The number of rotatable bonds is 1. The Morgan fingerprint density at radius 2 is 1.95 bits per heavy atom. The van der Waals surface area contributed by atoms with Gasteiger partial charge in [-0.05, 0) is 52.5 Å². The predicted molar refractivity (Wildman–Crippen MR) is 88.4 cm³/mol. The van der Waals surface area contributed by atoms with Crippen LogP contribution in [0.2, 0.25) is 0 Å². The second kappa shape index (κ2) is 4.37. The number of allylic oxidation sites excluding steroid dienone is 1. The molecular weight excluding hydrogens is 256 g/mol. The van der Waals surface area contributed by atoms with Crippen molar-refractivity contribution in [2.75, 3.05) is 0 Å². The first kappa shape index (κ1) is 12.9. The highest BCUT2D eigenvalue weighted by Crippen LogP contribution is 2.59. The average molecular weight is 278 g/mol. The number of fused-ring (bicyclic) bond motifs is 5. The molecule has 21 heavy (non-hydrogen) atoms. The van der Waals surface area contributed by atoms with E-state index in [2.05, 4.69) is 56.3 Å². The lowest BCUT2D eigenvalue weighted by Gasteiger charge is -2.39. The molecule has 0 radical (unpaired) electrons. The molecule has 0 heterocycles. The molecule has 1 saturated carbocycles. The van der Waals surface area contributed by atoms with Crippen molar-refractivity contribution in [1.29, 1.82) is 0 Å². The van der Waals surface area contributed by atoms with Gasteiger partial charge in [0.05, 0.1) is 0 Å². The van der Waals surface area contributed by atoms with Crippen LogP contribution in [0.3, 0.4) is 0 Å². The maximum Gasteiger partial charge on any atom is 0.120 e. The second-order valence-corrected chi connectivity index (χ2v) is 6.88. The van der Waals surface area contributed by atoms with Crippen LogP contribution in [0, 0.1) is 11.3 Å². The van der Waals surface area contributed by atoms with Gasteiger partial charge < -0.3 is 5.11 Å². The topological polar surface area (TPSA) is 20.2 Å². The van der Waals surface area contributed by atoms with Gasteiger partial charge in [-0.3, -0.25) is 0 Å². The molecule has 0 bridgehead atoms. The Labute approximate surface area is 126 Å². The van der Waals surface area contributed by atoms with Gasteiger partial charge in [-0.15, -0.1) is 0 Å². The molecule has 2 aromatic carbocycles. The van der Waals surface area contributed by atoms with Crippen molar-refractivity contribution >= 4 is 16.5 Å². The van der Waals surface area contributed by atoms with Crippen molar-refractivity contribution in [2.45, 2.75) is 39.0 Å². The fraction of sp³-hybridized carbons (Fsp3) is 0.400. The molecule has 2 aliphatic carbocycles. The lowest BCUT2D eigenvalue weighted by Crippen LogP contribution is -2.29. The molecular formula is C20H22O. The molecule has 0 aromatic heterocycles. The summed E-state index contributed by atoms with van der Waals surface area (Å²) in [5.41, 5.74) is 2.55. The second-order valence-electron chi connectivity index (χ2n) is 6.88. The third kappa shape index (κ3) is 1.64. The van der Waals surface area contributed by atoms with Crippen LogP contribution in [0.4, 0.5) is 0 Å².